The third-order valence-corrected chi connectivity index (χ3v) is 4.52. The quantitative estimate of drug-likeness (QED) is 0.869. The van der Waals surface area contributed by atoms with Gasteiger partial charge in [0.2, 0.25) is 0 Å². The van der Waals surface area contributed by atoms with E-state index in [1.54, 1.807) is 0 Å². The molecule has 18 heavy (non-hydrogen) atoms. The highest BCUT2D eigenvalue weighted by Crippen LogP contribution is 2.28. The van der Waals surface area contributed by atoms with Crippen molar-refractivity contribution in [1.82, 2.24) is 4.90 Å². The van der Waals surface area contributed by atoms with Crippen LogP contribution in [0.3, 0.4) is 0 Å². The van der Waals surface area contributed by atoms with E-state index in [2.05, 4.69) is 50.8 Å². The van der Waals surface area contributed by atoms with E-state index in [9.17, 15) is 0 Å². The minimum absolute atomic E-state index is 0.107. The zero-order chi connectivity index (χ0) is 13.3. The molecule has 1 atom stereocenters. The van der Waals surface area contributed by atoms with Gasteiger partial charge >= 0.3 is 0 Å². The summed E-state index contributed by atoms with van der Waals surface area (Å²) in [5.41, 5.74) is 10.5. The Bertz CT molecular complexity index is 423. The maximum atomic E-state index is 6.28. The number of rotatable bonds is 2. The van der Waals surface area contributed by atoms with Gasteiger partial charge in [-0.3, -0.25) is 4.90 Å². The van der Waals surface area contributed by atoms with E-state index in [1.807, 2.05) is 0 Å². The number of nitrogens with zero attached hydrogens (tertiary/aromatic N) is 1. The summed E-state index contributed by atoms with van der Waals surface area (Å²) in [6, 6.07) is 7.03. The zero-order valence-electron chi connectivity index (χ0n) is 12.2. The van der Waals surface area contributed by atoms with E-state index in [1.165, 1.54) is 23.1 Å². The van der Waals surface area contributed by atoms with Crippen LogP contribution in [0.2, 0.25) is 0 Å². The molecule has 2 nitrogen and oxygen atoms in total. The Labute approximate surface area is 111 Å². The monoisotopic (exact) mass is 246 g/mol. The Morgan fingerprint density at radius 1 is 1.33 bits per heavy atom. The molecule has 0 saturated carbocycles. The van der Waals surface area contributed by atoms with Gasteiger partial charge in [-0.15, -0.1) is 0 Å². The van der Waals surface area contributed by atoms with Crippen molar-refractivity contribution in [2.45, 2.75) is 58.7 Å². The summed E-state index contributed by atoms with van der Waals surface area (Å²) in [6.45, 7) is 11.1. The van der Waals surface area contributed by atoms with Gasteiger partial charge in [0.15, 0.2) is 0 Å². The molecule has 2 heteroatoms. The topological polar surface area (TPSA) is 29.3 Å². The molecule has 0 spiro atoms. The van der Waals surface area contributed by atoms with Gasteiger partial charge in [0.25, 0.3) is 0 Å². The largest absolute Gasteiger partial charge is 0.326 e. The number of hydrogen-bond acceptors (Lipinski definition) is 2. The van der Waals surface area contributed by atoms with E-state index in [0.29, 0.717) is 0 Å². The molecule has 1 unspecified atom stereocenters. The van der Waals surface area contributed by atoms with E-state index in [0.717, 1.165) is 19.5 Å². The van der Waals surface area contributed by atoms with Gasteiger partial charge in [-0.1, -0.05) is 23.8 Å². The molecule has 0 bridgehead atoms. The Kier molecular flexibility index (Phi) is 3.79. The first kappa shape index (κ1) is 13.6. The Morgan fingerprint density at radius 3 is 2.72 bits per heavy atom. The van der Waals surface area contributed by atoms with Gasteiger partial charge in [-0.05, 0) is 58.2 Å². The van der Waals surface area contributed by atoms with Crippen LogP contribution in [0.4, 0.5) is 0 Å². The van der Waals surface area contributed by atoms with Crippen LogP contribution in [0, 0.1) is 13.8 Å². The fourth-order valence-corrected chi connectivity index (χ4v) is 2.89. The van der Waals surface area contributed by atoms with E-state index in [4.69, 9.17) is 5.73 Å². The number of nitrogens with two attached hydrogens (primary N) is 1. The Hall–Kier alpha value is -0.860. The van der Waals surface area contributed by atoms with Crippen molar-refractivity contribution in [2.75, 3.05) is 6.54 Å². The molecular formula is C16H26N2. The fraction of sp³-hybridized carbons (Fsp3) is 0.625. The molecule has 0 radical (unpaired) electrons. The van der Waals surface area contributed by atoms with Crippen LogP contribution < -0.4 is 5.73 Å². The number of piperidine rings is 1. The maximum Gasteiger partial charge on any atom is 0.0307 e. The van der Waals surface area contributed by atoms with Crippen molar-refractivity contribution < 1.29 is 0 Å². The van der Waals surface area contributed by atoms with Gasteiger partial charge < -0.3 is 5.73 Å². The van der Waals surface area contributed by atoms with Crippen LogP contribution in [0.1, 0.15) is 43.4 Å². The van der Waals surface area contributed by atoms with Crippen molar-refractivity contribution in [3.05, 3.63) is 34.9 Å². The minimum Gasteiger partial charge on any atom is -0.326 e. The number of hydrogen-bond donors (Lipinski definition) is 1. The summed E-state index contributed by atoms with van der Waals surface area (Å²) in [4.78, 5) is 2.54. The molecule has 1 aliphatic heterocycles. The van der Waals surface area contributed by atoms with Crippen LogP contribution in [-0.2, 0) is 6.54 Å². The van der Waals surface area contributed by atoms with Gasteiger partial charge in [0.1, 0.15) is 0 Å². The number of benzene rings is 1. The molecule has 1 heterocycles. The summed E-state index contributed by atoms with van der Waals surface area (Å²) in [6.07, 6.45) is 2.37. The van der Waals surface area contributed by atoms with Crippen molar-refractivity contribution in [1.29, 1.82) is 0 Å². The first-order chi connectivity index (χ1) is 8.41. The maximum absolute atomic E-state index is 6.28. The van der Waals surface area contributed by atoms with Crippen LogP contribution in [-0.4, -0.2) is 23.0 Å². The molecule has 1 saturated heterocycles. The zero-order valence-corrected chi connectivity index (χ0v) is 12.2. The lowest BCUT2D eigenvalue weighted by atomic mass is 9.85. The van der Waals surface area contributed by atoms with Gasteiger partial charge in [0, 0.05) is 18.1 Å². The first-order valence-electron chi connectivity index (χ1n) is 6.98. The molecule has 100 valence electrons. The predicted octanol–water partition coefficient (Wildman–Crippen LogP) is 3.01. The minimum atomic E-state index is 0.107. The average Bonchev–Trinajstić information content (AvgIpc) is 2.28. The molecule has 1 aliphatic rings. The SMILES string of the molecule is Cc1ccc(CN2CCCC(N)C2(C)C)c(C)c1. The average molecular weight is 246 g/mol. The molecule has 0 aliphatic carbocycles. The highest BCUT2D eigenvalue weighted by molar-refractivity contribution is 5.30. The normalized spacial score (nSPS) is 24.2. The van der Waals surface area contributed by atoms with Crippen molar-refractivity contribution in [2.24, 2.45) is 5.73 Å². The Balaban J connectivity index is 2.17. The lowest BCUT2D eigenvalue weighted by molar-refractivity contribution is 0.0500. The van der Waals surface area contributed by atoms with Crippen LogP contribution in [0.15, 0.2) is 18.2 Å². The Morgan fingerprint density at radius 2 is 2.06 bits per heavy atom. The third kappa shape index (κ3) is 2.60. The van der Waals surface area contributed by atoms with Gasteiger partial charge in [-0.25, -0.2) is 0 Å². The number of likely N-dealkylation sites (tertiary alicyclic amines) is 1. The molecule has 1 fully saturated rings. The standard InChI is InChI=1S/C16H26N2/c1-12-7-8-14(13(2)10-12)11-18-9-5-6-15(17)16(18,3)4/h7-8,10,15H,5-6,9,11,17H2,1-4H3. The smallest absolute Gasteiger partial charge is 0.0307 e. The van der Waals surface area contributed by atoms with Gasteiger partial charge in [0.05, 0.1) is 0 Å². The van der Waals surface area contributed by atoms with E-state index in [-0.39, 0.29) is 11.6 Å². The summed E-state index contributed by atoms with van der Waals surface area (Å²) < 4.78 is 0. The van der Waals surface area contributed by atoms with Crippen molar-refractivity contribution >= 4 is 0 Å². The van der Waals surface area contributed by atoms with Crippen LogP contribution >= 0.6 is 0 Å². The van der Waals surface area contributed by atoms with Gasteiger partial charge in [-0.2, -0.15) is 0 Å². The molecule has 2 N–H and O–H groups in total. The lowest BCUT2D eigenvalue weighted by Crippen LogP contribution is -2.59. The van der Waals surface area contributed by atoms with E-state index < -0.39 is 0 Å². The molecule has 0 aromatic heterocycles. The van der Waals surface area contributed by atoms with Crippen LogP contribution in [0.25, 0.3) is 0 Å². The number of aryl methyl sites for hydroxylation is 2. The molecule has 1 aromatic rings. The highest BCUT2D eigenvalue weighted by Gasteiger charge is 2.36. The highest BCUT2D eigenvalue weighted by atomic mass is 15.2. The predicted molar refractivity (Wildman–Crippen MR) is 77.6 cm³/mol. The second kappa shape index (κ2) is 5.02. The second-order valence-corrected chi connectivity index (χ2v) is 6.25. The molecule has 1 aromatic carbocycles. The van der Waals surface area contributed by atoms with E-state index >= 15 is 0 Å². The van der Waals surface area contributed by atoms with Crippen LogP contribution in [0.5, 0.6) is 0 Å². The summed E-state index contributed by atoms with van der Waals surface area (Å²) in [5, 5.41) is 0. The molecular weight excluding hydrogens is 220 g/mol. The van der Waals surface area contributed by atoms with Crippen molar-refractivity contribution in [3.8, 4) is 0 Å². The van der Waals surface area contributed by atoms with Crippen molar-refractivity contribution in [3.63, 3.8) is 0 Å². The first-order valence-corrected chi connectivity index (χ1v) is 6.98. The fourth-order valence-electron chi connectivity index (χ4n) is 2.89. The molecule has 2 rings (SSSR count). The second-order valence-electron chi connectivity index (χ2n) is 6.25. The summed E-state index contributed by atoms with van der Waals surface area (Å²) >= 11 is 0. The lowest BCUT2D eigenvalue weighted by Gasteiger charge is -2.47. The summed E-state index contributed by atoms with van der Waals surface area (Å²) in [7, 11) is 0. The summed E-state index contributed by atoms with van der Waals surface area (Å²) in [5.74, 6) is 0. The third-order valence-electron chi connectivity index (χ3n) is 4.52. The molecule has 0 amide bonds.